The molecule has 4 aliphatic rings. The van der Waals surface area contributed by atoms with Gasteiger partial charge in [0.05, 0.1) is 36.3 Å². The second kappa shape index (κ2) is 10.4. The van der Waals surface area contributed by atoms with Gasteiger partial charge in [-0.1, -0.05) is 54.6 Å². The molecule has 0 aromatic heterocycles. The lowest BCUT2D eigenvalue weighted by molar-refractivity contribution is -0.145. The molecule has 0 aliphatic carbocycles. The molecule has 0 bridgehead atoms. The van der Waals surface area contributed by atoms with Crippen LogP contribution in [0.4, 0.5) is 5.69 Å². The SMILES string of the molecule is COc1ccc(N2CC=C[C@]34S[C@]5(C)C=CCN(Cc6ccccc6)C(=O)[C@@H]5[C@H]3C(=O)N([C@H](C)CO)C4C2=O)cc1. The van der Waals surface area contributed by atoms with Gasteiger partial charge in [-0.15, -0.1) is 11.8 Å². The highest BCUT2D eigenvalue weighted by molar-refractivity contribution is 8.02. The van der Waals surface area contributed by atoms with E-state index in [1.807, 2.05) is 72.5 Å². The van der Waals surface area contributed by atoms with E-state index >= 15 is 0 Å². The largest absolute Gasteiger partial charge is 0.497 e. The third kappa shape index (κ3) is 4.28. The number of likely N-dealkylation sites (tertiary alicyclic amines) is 1. The number of carbonyl (C=O) groups is 3. The number of nitrogens with zero attached hydrogens (tertiary/aromatic N) is 3. The van der Waals surface area contributed by atoms with Crippen LogP contribution in [0.2, 0.25) is 0 Å². The summed E-state index contributed by atoms with van der Waals surface area (Å²) in [6.45, 7) is 4.71. The number of methoxy groups -OCH3 is 1. The van der Waals surface area contributed by atoms with Crippen molar-refractivity contribution in [3.8, 4) is 5.75 Å². The van der Waals surface area contributed by atoms with Crippen LogP contribution in [0, 0.1) is 11.8 Å². The van der Waals surface area contributed by atoms with Crippen LogP contribution in [0.3, 0.4) is 0 Å². The average Bonchev–Trinajstić information content (AvgIpc) is 3.26. The predicted molar refractivity (Wildman–Crippen MR) is 158 cm³/mol. The van der Waals surface area contributed by atoms with E-state index in [0.29, 0.717) is 31.1 Å². The standard InChI is InChI=1S/C32H35N3O5S/c1-21(20-36)35-27-30(39)34(23-11-13-24(40-3)14-12-23)18-8-16-32(27)26(29(35)38)25-28(37)33(17-7-15-31(25,2)41-32)19-22-9-5-4-6-10-22/h4-16,21,25-27,36H,17-20H2,1-3H3/t21-,25+,26+,27?,31-,32+/m1/s1. The van der Waals surface area contributed by atoms with Gasteiger partial charge in [0.15, 0.2) is 0 Å². The van der Waals surface area contributed by atoms with Crippen LogP contribution in [0.5, 0.6) is 5.75 Å². The number of fused-ring (bicyclic) bond motifs is 2. The Labute approximate surface area is 244 Å². The highest BCUT2D eigenvalue weighted by Gasteiger charge is 2.74. The molecule has 214 valence electrons. The number of rotatable bonds is 6. The lowest BCUT2D eigenvalue weighted by Crippen LogP contribution is -2.56. The van der Waals surface area contributed by atoms with Gasteiger partial charge in [0.2, 0.25) is 11.8 Å². The van der Waals surface area contributed by atoms with E-state index < -0.39 is 33.4 Å². The van der Waals surface area contributed by atoms with E-state index in [-0.39, 0.29) is 24.3 Å². The Morgan fingerprint density at radius 1 is 0.951 bits per heavy atom. The number of aliphatic hydroxyl groups is 1. The highest BCUT2D eigenvalue weighted by Crippen LogP contribution is 2.65. The number of benzene rings is 2. The lowest BCUT2D eigenvalue weighted by Gasteiger charge is -2.38. The molecule has 2 saturated heterocycles. The van der Waals surface area contributed by atoms with Gasteiger partial charge in [-0.3, -0.25) is 14.4 Å². The Morgan fingerprint density at radius 3 is 2.34 bits per heavy atom. The van der Waals surface area contributed by atoms with Crippen molar-refractivity contribution in [2.75, 3.05) is 31.7 Å². The summed E-state index contributed by atoms with van der Waals surface area (Å²) in [6.07, 6.45) is 8.03. The fourth-order valence-electron chi connectivity index (χ4n) is 7.01. The minimum absolute atomic E-state index is 0.0848. The van der Waals surface area contributed by atoms with Gasteiger partial charge in [-0.05, 0) is 43.7 Å². The highest BCUT2D eigenvalue weighted by atomic mass is 32.2. The van der Waals surface area contributed by atoms with Crippen molar-refractivity contribution in [2.45, 2.75) is 42.0 Å². The van der Waals surface area contributed by atoms with E-state index in [1.54, 1.807) is 47.7 Å². The first-order valence-electron chi connectivity index (χ1n) is 14.0. The van der Waals surface area contributed by atoms with Gasteiger partial charge >= 0.3 is 0 Å². The molecule has 9 heteroatoms. The second-order valence-electron chi connectivity index (χ2n) is 11.4. The van der Waals surface area contributed by atoms with Crippen molar-refractivity contribution in [1.82, 2.24) is 9.80 Å². The van der Waals surface area contributed by atoms with Gasteiger partial charge in [-0.25, -0.2) is 0 Å². The number of hydrogen-bond acceptors (Lipinski definition) is 6. The molecule has 8 nitrogen and oxygen atoms in total. The fraction of sp³-hybridized carbons (Fsp3) is 0.406. The summed E-state index contributed by atoms with van der Waals surface area (Å²) in [6, 6.07) is 15.6. The number of ether oxygens (including phenoxy) is 1. The monoisotopic (exact) mass is 573 g/mol. The molecule has 0 saturated carbocycles. The van der Waals surface area contributed by atoms with Crippen molar-refractivity contribution in [2.24, 2.45) is 11.8 Å². The number of carbonyl (C=O) groups excluding carboxylic acids is 3. The Bertz CT molecular complexity index is 1410. The Hall–Kier alpha value is -3.56. The third-order valence-electron chi connectivity index (χ3n) is 8.92. The summed E-state index contributed by atoms with van der Waals surface area (Å²) in [5, 5.41) is 10.2. The first-order valence-corrected chi connectivity index (χ1v) is 14.8. The predicted octanol–water partition coefficient (Wildman–Crippen LogP) is 3.26. The maximum atomic E-state index is 14.5. The molecule has 1 unspecified atom stereocenters. The molecule has 1 N–H and O–H groups in total. The zero-order chi connectivity index (χ0) is 28.9. The molecule has 1 spiro atoms. The van der Waals surface area contributed by atoms with E-state index in [4.69, 9.17) is 4.74 Å². The molecule has 2 fully saturated rings. The molecular formula is C32H35N3O5S. The first-order chi connectivity index (χ1) is 19.7. The summed E-state index contributed by atoms with van der Waals surface area (Å²) >= 11 is 1.55. The topological polar surface area (TPSA) is 90.4 Å². The van der Waals surface area contributed by atoms with Gasteiger partial charge < -0.3 is 24.5 Å². The number of hydrogen-bond donors (Lipinski definition) is 1. The molecule has 6 atom stereocenters. The van der Waals surface area contributed by atoms with Gasteiger partial charge in [0, 0.05) is 30.1 Å². The van der Waals surface area contributed by atoms with Crippen molar-refractivity contribution in [3.05, 3.63) is 84.5 Å². The van der Waals surface area contributed by atoms with Crippen molar-refractivity contribution >= 4 is 35.2 Å². The van der Waals surface area contributed by atoms with Gasteiger partial charge in [0.1, 0.15) is 11.8 Å². The maximum Gasteiger partial charge on any atom is 0.251 e. The first kappa shape index (κ1) is 27.6. The maximum absolute atomic E-state index is 14.5. The van der Waals surface area contributed by atoms with Crippen molar-refractivity contribution in [1.29, 1.82) is 0 Å². The summed E-state index contributed by atoms with van der Waals surface area (Å²) in [7, 11) is 1.59. The lowest BCUT2D eigenvalue weighted by atomic mass is 9.74. The summed E-state index contributed by atoms with van der Waals surface area (Å²) in [4.78, 5) is 48.4. The average molecular weight is 574 g/mol. The van der Waals surface area contributed by atoms with Crippen LogP contribution < -0.4 is 9.64 Å². The molecule has 6 rings (SSSR count). The number of aliphatic hydroxyl groups excluding tert-OH is 1. The minimum atomic E-state index is -0.964. The Kier molecular flexibility index (Phi) is 6.98. The van der Waals surface area contributed by atoms with Crippen LogP contribution >= 0.6 is 11.8 Å². The van der Waals surface area contributed by atoms with Crippen LogP contribution in [0.25, 0.3) is 0 Å². The van der Waals surface area contributed by atoms with Crippen LogP contribution in [-0.4, -0.2) is 81.0 Å². The number of thioether (sulfide) groups is 1. The minimum Gasteiger partial charge on any atom is -0.497 e. The van der Waals surface area contributed by atoms with E-state index in [1.165, 1.54) is 0 Å². The van der Waals surface area contributed by atoms with Crippen LogP contribution in [0.15, 0.2) is 78.9 Å². The van der Waals surface area contributed by atoms with Gasteiger partial charge in [0.25, 0.3) is 5.91 Å². The zero-order valence-electron chi connectivity index (χ0n) is 23.5. The van der Waals surface area contributed by atoms with Crippen LogP contribution in [-0.2, 0) is 20.9 Å². The van der Waals surface area contributed by atoms with E-state index in [0.717, 1.165) is 5.56 Å². The molecule has 2 aromatic carbocycles. The molecule has 4 aliphatic heterocycles. The smallest absolute Gasteiger partial charge is 0.251 e. The number of amides is 3. The van der Waals surface area contributed by atoms with Gasteiger partial charge in [-0.2, -0.15) is 0 Å². The molecule has 0 radical (unpaired) electrons. The van der Waals surface area contributed by atoms with Crippen LogP contribution in [0.1, 0.15) is 19.4 Å². The Balaban J connectivity index is 1.43. The fourth-order valence-corrected chi connectivity index (χ4v) is 9.16. The summed E-state index contributed by atoms with van der Waals surface area (Å²) < 4.78 is 3.65. The van der Waals surface area contributed by atoms with E-state index in [9.17, 15) is 19.5 Å². The molecule has 2 aromatic rings. The molecule has 4 heterocycles. The van der Waals surface area contributed by atoms with Crippen molar-refractivity contribution < 1.29 is 24.2 Å². The Morgan fingerprint density at radius 2 is 1.66 bits per heavy atom. The van der Waals surface area contributed by atoms with E-state index in [2.05, 4.69) is 6.08 Å². The third-order valence-corrected chi connectivity index (χ3v) is 10.7. The second-order valence-corrected chi connectivity index (χ2v) is 13.2. The zero-order valence-corrected chi connectivity index (χ0v) is 24.3. The summed E-state index contributed by atoms with van der Waals surface area (Å²) in [5.41, 5.74) is 1.71. The summed E-state index contributed by atoms with van der Waals surface area (Å²) in [5.74, 6) is -1.29. The quantitative estimate of drug-likeness (QED) is 0.534. The van der Waals surface area contributed by atoms with Crippen molar-refractivity contribution in [3.63, 3.8) is 0 Å². The molecule has 41 heavy (non-hydrogen) atoms. The number of anilines is 1. The normalized spacial score (nSPS) is 31.5. The molecular weight excluding hydrogens is 538 g/mol. The molecule has 3 amide bonds.